The smallest absolute Gasteiger partial charge is 0.326 e. The molecule has 92 valence electrons. The quantitative estimate of drug-likeness (QED) is 0.869. The Labute approximate surface area is 103 Å². The van der Waals surface area contributed by atoms with E-state index in [1.807, 2.05) is 6.92 Å². The molecule has 6 heteroatoms. The molecule has 0 bridgehead atoms. The molecule has 0 aromatic carbocycles. The Morgan fingerprint density at radius 1 is 1.53 bits per heavy atom. The van der Waals surface area contributed by atoms with Crippen LogP contribution in [0.25, 0.3) is 0 Å². The van der Waals surface area contributed by atoms with E-state index in [0.717, 1.165) is 17.8 Å². The molecule has 1 fully saturated rings. The van der Waals surface area contributed by atoms with Crippen LogP contribution in [0, 0.1) is 6.92 Å². The van der Waals surface area contributed by atoms with E-state index in [4.69, 9.17) is 5.11 Å². The van der Waals surface area contributed by atoms with Crippen molar-refractivity contribution in [2.75, 3.05) is 6.54 Å². The summed E-state index contributed by atoms with van der Waals surface area (Å²) in [6, 6.07) is -0.696. The summed E-state index contributed by atoms with van der Waals surface area (Å²) in [5.74, 6) is -1.19. The second kappa shape index (κ2) is 4.83. The molecule has 2 rings (SSSR count). The Bertz CT molecular complexity index is 444. The first-order valence-electron chi connectivity index (χ1n) is 5.55. The molecular weight excluding hydrogens is 240 g/mol. The third-order valence-corrected chi connectivity index (χ3v) is 3.66. The number of rotatable bonds is 2. The van der Waals surface area contributed by atoms with Crippen LogP contribution < -0.4 is 0 Å². The second-order valence-electron chi connectivity index (χ2n) is 4.10. The molecule has 0 spiro atoms. The van der Waals surface area contributed by atoms with Crippen LogP contribution in [0.2, 0.25) is 0 Å². The van der Waals surface area contributed by atoms with Gasteiger partial charge in [0.05, 0.1) is 5.01 Å². The molecule has 2 heterocycles. The van der Waals surface area contributed by atoms with Gasteiger partial charge in [-0.3, -0.25) is 4.79 Å². The number of amides is 1. The summed E-state index contributed by atoms with van der Waals surface area (Å²) in [4.78, 5) is 28.8. The lowest BCUT2D eigenvalue weighted by Gasteiger charge is -2.32. The zero-order valence-corrected chi connectivity index (χ0v) is 10.4. The molecule has 1 amide bonds. The predicted octanol–water partition coefficient (Wildman–Crippen LogP) is 1.53. The van der Waals surface area contributed by atoms with Crippen molar-refractivity contribution in [3.8, 4) is 0 Å². The molecule has 1 aliphatic heterocycles. The zero-order valence-electron chi connectivity index (χ0n) is 9.55. The third kappa shape index (κ3) is 2.46. The van der Waals surface area contributed by atoms with Gasteiger partial charge in [-0.2, -0.15) is 0 Å². The molecule has 0 saturated carbocycles. The van der Waals surface area contributed by atoms with E-state index in [1.54, 1.807) is 5.38 Å². The van der Waals surface area contributed by atoms with Gasteiger partial charge in [-0.25, -0.2) is 9.78 Å². The van der Waals surface area contributed by atoms with Gasteiger partial charge in [-0.05, 0) is 26.2 Å². The summed E-state index contributed by atoms with van der Waals surface area (Å²) in [5.41, 5.74) is 0.362. The van der Waals surface area contributed by atoms with Crippen molar-refractivity contribution in [2.24, 2.45) is 0 Å². The van der Waals surface area contributed by atoms with Crippen molar-refractivity contribution in [2.45, 2.75) is 32.2 Å². The SMILES string of the molecule is Cc1nc(C(=O)N2CCCCC2C(=O)O)cs1. The van der Waals surface area contributed by atoms with Crippen molar-refractivity contribution in [3.63, 3.8) is 0 Å². The number of carbonyl (C=O) groups is 2. The molecule has 1 aromatic heterocycles. The topological polar surface area (TPSA) is 70.5 Å². The number of carboxylic acid groups (broad SMARTS) is 1. The average Bonchev–Trinajstić information content (AvgIpc) is 2.75. The standard InChI is InChI=1S/C11H14N2O3S/c1-7-12-8(6-17-7)10(14)13-5-3-2-4-9(13)11(15)16/h6,9H,2-5H2,1H3,(H,15,16). The van der Waals surface area contributed by atoms with Gasteiger partial charge < -0.3 is 10.0 Å². The van der Waals surface area contributed by atoms with Crippen LogP contribution in [-0.2, 0) is 4.79 Å². The number of hydrogen-bond acceptors (Lipinski definition) is 4. The van der Waals surface area contributed by atoms with E-state index in [-0.39, 0.29) is 5.91 Å². The number of aryl methyl sites for hydroxylation is 1. The molecule has 1 atom stereocenters. The Balaban J connectivity index is 2.19. The third-order valence-electron chi connectivity index (χ3n) is 2.89. The van der Waals surface area contributed by atoms with Gasteiger partial charge in [-0.15, -0.1) is 11.3 Å². The molecule has 1 saturated heterocycles. The van der Waals surface area contributed by atoms with E-state index < -0.39 is 12.0 Å². The molecule has 1 aromatic rings. The maximum absolute atomic E-state index is 12.1. The highest BCUT2D eigenvalue weighted by Gasteiger charge is 2.33. The number of hydrogen-bond donors (Lipinski definition) is 1. The number of aromatic nitrogens is 1. The van der Waals surface area contributed by atoms with Gasteiger partial charge in [0.15, 0.2) is 0 Å². The number of carbonyl (C=O) groups excluding carboxylic acids is 1. The summed E-state index contributed by atoms with van der Waals surface area (Å²) < 4.78 is 0. The van der Waals surface area contributed by atoms with E-state index >= 15 is 0 Å². The number of thiazole rings is 1. The van der Waals surface area contributed by atoms with Gasteiger partial charge in [0, 0.05) is 11.9 Å². The van der Waals surface area contributed by atoms with E-state index in [0.29, 0.717) is 18.7 Å². The van der Waals surface area contributed by atoms with Crippen LogP contribution in [0.3, 0.4) is 0 Å². The molecule has 5 nitrogen and oxygen atoms in total. The average molecular weight is 254 g/mol. The van der Waals surface area contributed by atoms with Crippen molar-refractivity contribution >= 4 is 23.2 Å². The molecule has 17 heavy (non-hydrogen) atoms. The maximum Gasteiger partial charge on any atom is 0.326 e. The van der Waals surface area contributed by atoms with E-state index in [1.165, 1.54) is 16.2 Å². The Hall–Kier alpha value is -1.43. The summed E-state index contributed by atoms with van der Waals surface area (Å²) in [7, 11) is 0. The predicted molar refractivity (Wildman–Crippen MR) is 63.2 cm³/mol. The minimum Gasteiger partial charge on any atom is -0.480 e. The fourth-order valence-electron chi connectivity index (χ4n) is 2.04. The maximum atomic E-state index is 12.1. The van der Waals surface area contributed by atoms with Gasteiger partial charge in [0.2, 0.25) is 0 Å². The number of carboxylic acids is 1. The van der Waals surface area contributed by atoms with Crippen molar-refractivity contribution in [3.05, 3.63) is 16.1 Å². The number of piperidine rings is 1. The zero-order chi connectivity index (χ0) is 12.4. The first-order valence-corrected chi connectivity index (χ1v) is 6.43. The van der Waals surface area contributed by atoms with Crippen LogP contribution in [0.5, 0.6) is 0 Å². The van der Waals surface area contributed by atoms with Crippen LogP contribution in [0.15, 0.2) is 5.38 Å². The van der Waals surface area contributed by atoms with Crippen molar-refractivity contribution in [1.29, 1.82) is 0 Å². The van der Waals surface area contributed by atoms with E-state index in [2.05, 4.69) is 4.98 Å². The monoisotopic (exact) mass is 254 g/mol. The minimum atomic E-state index is -0.926. The molecular formula is C11H14N2O3S. The van der Waals surface area contributed by atoms with Crippen LogP contribution in [0.1, 0.15) is 34.8 Å². The lowest BCUT2D eigenvalue weighted by molar-refractivity contribution is -0.143. The van der Waals surface area contributed by atoms with Crippen molar-refractivity contribution < 1.29 is 14.7 Å². The Morgan fingerprint density at radius 3 is 2.88 bits per heavy atom. The van der Waals surface area contributed by atoms with Gasteiger partial charge in [0.1, 0.15) is 11.7 Å². The largest absolute Gasteiger partial charge is 0.480 e. The fourth-order valence-corrected chi connectivity index (χ4v) is 2.63. The van der Waals surface area contributed by atoms with E-state index in [9.17, 15) is 9.59 Å². The summed E-state index contributed by atoms with van der Waals surface area (Å²) >= 11 is 1.40. The van der Waals surface area contributed by atoms with Gasteiger partial charge in [-0.1, -0.05) is 0 Å². The molecule has 1 unspecified atom stereocenters. The van der Waals surface area contributed by atoms with Crippen LogP contribution in [0.4, 0.5) is 0 Å². The first-order chi connectivity index (χ1) is 8.09. The Kier molecular flexibility index (Phi) is 3.42. The van der Waals surface area contributed by atoms with Gasteiger partial charge >= 0.3 is 5.97 Å². The summed E-state index contributed by atoms with van der Waals surface area (Å²) in [6.45, 7) is 2.33. The molecule has 1 aliphatic rings. The number of nitrogens with zero attached hydrogens (tertiary/aromatic N) is 2. The van der Waals surface area contributed by atoms with Gasteiger partial charge in [0.25, 0.3) is 5.91 Å². The fraction of sp³-hybridized carbons (Fsp3) is 0.545. The van der Waals surface area contributed by atoms with Crippen LogP contribution in [-0.4, -0.2) is 39.5 Å². The number of likely N-dealkylation sites (tertiary alicyclic amines) is 1. The highest BCUT2D eigenvalue weighted by Crippen LogP contribution is 2.20. The van der Waals surface area contributed by atoms with Crippen molar-refractivity contribution in [1.82, 2.24) is 9.88 Å². The normalized spacial score (nSPS) is 20.3. The molecule has 0 radical (unpaired) electrons. The lowest BCUT2D eigenvalue weighted by atomic mass is 10.0. The number of aliphatic carboxylic acids is 1. The minimum absolute atomic E-state index is 0.263. The first kappa shape index (κ1) is 12.0. The summed E-state index contributed by atoms with van der Waals surface area (Å²) in [5, 5.41) is 11.6. The summed E-state index contributed by atoms with van der Waals surface area (Å²) in [6.07, 6.45) is 2.25. The van der Waals surface area contributed by atoms with Crippen LogP contribution >= 0.6 is 11.3 Å². The second-order valence-corrected chi connectivity index (χ2v) is 5.16. The highest BCUT2D eigenvalue weighted by atomic mass is 32.1. The Morgan fingerprint density at radius 2 is 2.29 bits per heavy atom. The lowest BCUT2D eigenvalue weighted by Crippen LogP contribution is -2.48. The molecule has 1 N–H and O–H groups in total. The molecule has 0 aliphatic carbocycles. The highest BCUT2D eigenvalue weighted by molar-refractivity contribution is 7.09.